The van der Waals surface area contributed by atoms with E-state index in [0.717, 1.165) is 0 Å². The van der Waals surface area contributed by atoms with E-state index in [1.165, 1.54) is 12.3 Å². The molecule has 118 valence electrons. The molecule has 0 aliphatic rings. The summed E-state index contributed by atoms with van der Waals surface area (Å²) >= 11 is 6.04. The first-order valence-electron chi connectivity index (χ1n) is 7.00. The van der Waals surface area contributed by atoms with Gasteiger partial charge in [0.15, 0.2) is 17.5 Å². The van der Waals surface area contributed by atoms with Crippen LogP contribution in [0.25, 0.3) is 0 Å². The minimum atomic E-state index is -1.11. The highest BCUT2D eigenvalue weighted by Crippen LogP contribution is 2.25. The molecule has 0 N–H and O–H groups in total. The van der Waals surface area contributed by atoms with Crippen molar-refractivity contribution >= 4 is 17.4 Å². The molecule has 2 aromatic rings. The van der Waals surface area contributed by atoms with Gasteiger partial charge >= 0.3 is 0 Å². The Labute approximate surface area is 139 Å². The summed E-state index contributed by atoms with van der Waals surface area (Å²) in [5.41, 5.74) is 1.61. The van der Waals surface area contributed by atoms with E-state index in [-0.39, 0.29) is 22.3 Å². The van der Waals surface area contributed by atoms with Gasteiger partial charge in [-0.1, -0.05) is 11.6 Å². The van der Waals surface area contributed by atoms with E-state index in [1.807, 2.05) is 6.07 Å². The van der Waals surface area contributed by atoms with Crippen molar-refractivity contribution in [1.29, 1.82) is 5.26 Å². The predicted molar refractivity (Wildman–Crippen MR) is 84.6 cm³/mol. The first-order chi connectivity index (χ1) is 11.0. The third-order valence-corrected chi connectivity index (χ3v) is 3.29. The molecular formula is C16H15ClN4O2. The van der Waals surface area contributed by atoms with E-state index < -0.39 is 11.7 Å². The van der Waals surface area contributed by atoms with Gasteiger partial charge in [0.05, 0.1) is 12.7 Å². The highest BCUT2D eigenvalue weighted by atomic mass is 35.5. The first-order valence-corrected chi connectivity index (χ1v) is 7.38. The molecule has 0 aromatic carbocycles. The number of hydrogen-bond acceptors (Lipinski definition) is 6. The van der Waals surface area contributed by atoms with Gasteiger partial charge in [-0.3, -0.25) is 4.79 Å². The molecule has 0 amide bonds. The van der Waals surface area contributed by atoms with Gasteiger partial charge in [0.25, 0.3) is 0 Å². The minimum absolute atomic E-state index is 0.181. The predicted octanol–water partition coefficient (Wildman–Crippen LogP) is 3.03. The summed E-state index contributed by atoms with van der Waals surface area (Å²) in [5.74, 6) is -1.12. The van der Waals surface area contributed by atoms with Crippen LogP contribution in [0, 0.1) is 25.2 Å². The SMILES string of the molecule is CCOc1ncc(C(=O)[C@@H](C#N)c2nc(C)cc(C)n2)cc1Cl. The Hall–Kier alpha value is -2.52. The Morgan fingerprint density at radius 1 is 1.35 bits per heavy atom. The van der Waals surface area contributed by atoms with Crippen molar-refractivity contribution in [2.75, 3.05) is 6.61 Å². The van der Waals surface area contributed by atoms with Crippen LogP contribution in [0.15, 0.2) is 18.3 Å². The lowest BCUT2D eigenvalue weighted by Crippen LogP contribution is -2.16. The zero-order valence-corrected chi connectivity index (χ0v) is 13.8. The van der Waals surface area contributed by atoms with Crippen LogP contribution in [-0.4, -0.2) is 27.3 Å². The lowest BCUT2D eigenvalue weighted by atomic mass is 9.99. The quantitative estimate of drug-likeness (QED) is 0.783. The number of nitrogens with zero attached hydrogens (tertiary/aromatic N) is 4. The fourth-order valence-corrected chi connectivity index (χ4v) is 2.31. The van der Waals surface area contributed by atoms with Crippen LogP contribution in [0.4, 0.5) is 0 Å². The summed E-state index contributed by atoms with van der Waals surface area (Å²) in [6.45, 7) is 5.79. The third-order valence-electron chi connectivity index (χ3n) is 3.02. The molecule has 0 bridgehead atoms. The molecule has 2 rings (SSSR count). The number of aryl methyl sites for hydroxylation is 2. The number of halogens is 1. The maximum atomic E-state index is 12.6. The van der Waals surface area contributed by atoms with Crippen LogP contribution in [0.2, 0.25) is 5.02 Å². The largest absolute Gasteiger partial charge is 0.477 e. The second-order valence-corrected chi connectivity index (χ2v) is 5.29. The van der Waals surface area contributed by atoms with Gasteiger partial charge in [0.1, 0.15) is 5.02 Å². The van der Waals surface area contributed by atoms with Crippen molar-refractivity contribution in [3.63, 3.8) is 0 Å². The van der Waals surface area contributed by atoms with Gasteiger partial charge in [-0.2, -0.15) is 5.26 Å². The molecule has 0 saturated carbocycles. The molecule has 0 saturated heterocycles. The third kappa shape index (κ3) is 3.82. The number of hydrogen-bond donors (Lipinski definition) is 0. The van der Waals surface area contributed by atoms with Crippen molar-refractivity contribution in [2.45, 2.75) is 26.7 Å². The molecule has 0 unspecified atom stereocenters. The van der Waals surface area contributed by atoms with E-state index in [1.54, 1.807) is 26.8 Å². The van der Waals surface area contributed by atoms with Crippen LogP contribution in [0.5, 0.6) is 5.88 Å². The van der Waals surface area contributed by atoms with Crippen LogP contribution in [0.1, 0.15) is 40.4 Å². The van der Waals surface area contributed by atoms with E-state index >= 15 is 0 Å². The van der Waals surface area contributed by atoms with Gasteiger partial charge in [-0.15, -0.1) is 0 Å². The fourth-order valence-electron chi connectivity index (χ4n) is 2.09. The average molecular weight is 331 g/mol. The topological polar surface area (TPSA) is 88.8 Å². The van der Waals surface area contributed by atoms with Gasteiger partial charge in [0.2, 0.25) is 5.88 Å². The molecule has 0 spiro atoms. The Balaban J connectivity index is 2.37. The Kier molecular flexibility index (Phi) is 5.24. The van der Waals surface area contributed by atoms with Gasteiger partial charge in [-0.25, -0.2) is 15.0 Å². The number of pyridine rings is 1. The average Bonchev–Trinajstić information content (AvgIpc) is 2.49. The second-order valence-electron chi connectivity index (χ2n) is 4.88. The molecule has 2 heterocycles. The Morgan fingerprint density at radius 3 is 2.52 bits per heavy atom. The molecule has 0 fully saturated rings. The molecule has 0 aliphatic heterocycles. The number of aromatic nitrogens is 3. The smallest absolute Gasteiger partial charge is 0.232 e. The lowest BCUT2D eigenvalue weighted by Gasteiger charge is -2.10. The summed E-state index contributed by atoms with van der Waals surface area (Å²) in [4.78, 5) is 25.0. The van der Waals surface area contributed by atoms with E-state index in [9.17, 15) is 10.1 Å². The number of carbonyl (C=O) groups excluding carboxylic acids is 1. The first kappa shape index (κ1) is 16.8. The number of carbonyl (C=O) groups is 1. The molecule has 0 radical (unpaired) electrons. The Morgan fingerprint density at radius 2 is 2.00 bits per heavy atom. The van der Waals surface area contributed by atoms with Crippen LogP contribution in [-0.2, 0) is 0 Å². The number of rotatable bonds is 5. The summed E-state index contributed by atoms with van der Waals surface area (Å²) in [6, 6.07) is 5.17. The number of nitriles is 1. The summed E-state index contributed by atoms with van der Waals surface area (Å²) in [6.07, 6.45) is 1.34. The molecule has 1 atom stereocenters. The maximum Gasteiger partial charge on any atom is 0.232 e. The van der Waals surface area contributed by atoms with Gasteiger partial charge in [-0.05, 0) is 32.9 Å². The Bertz CT molecular complexity index is 766. The monoisotopic (exact) mass is 330 g/mol. The van der Waals surface area contributed by atoms with Crippen molar-refractivity contribution < 1.29 is 9.53 Å². The molecule has 0 aliphatic carbocycles. The summed E-state index contributed by atoms with van der Waals surface area (Å²) < 4.78 is 5.23. The van der Waals surface area contributed by atoms with Crippen molar-refractivity contribution in [2.24, 2.45) is 0 Å². The zero-order valence-electron chi connectivity index (χ0n) is 13.0. The standard InChI is InChI=1S/C16H15ClN4O2/c1-4-23-16-13(17)6-11(8-19-16)14(22)12(7-18)15-20-9(2)5-10(3)21-15/h5-6,8,12H,4H2,1-3H3/t12-/m1/s1. The molecule has 6 nitrogen and oxygen atoms in total. The van der Waals surface area contributed by atoms with Crippen LogP contribution >= 0.6 is 11.6 Å². The van der Waals surface area contributed by atoms with Crippen molar-refractivity contribution in [3.8, 4) is 11.9 Å². The van der Waals surface area contributed by atoms with Crippen LogP contribution in [0.3, 0.4) is 0 Å². The number of ketones is 1. The molecule has 2 aromatic heterocycles. The minimum Gasteiger partial charge on any atom is -0.477 e. The van der Waals surface area contributed by atoms with Crippen molar-refractivity contribution in [3.05, 3.63) is 46.1 Å². The zero-order chi connectivity index (χ0) is 17.0. The van der Waals surface area contributed by atoms with E-state index in [0.29, 0.717) is 18.0 Å². The molecule has 7 heteroatoms. The second kappa shape index (κ2) is 7.16. The van der Waals surface area contributed by atoms with Crippen LogP contribution < -0.4 is 4.74 Å². The highest BCUT2D eigenvalue weighted by molar-refractivity contribution is 6.32. The van der Waals surface area contributed by atoms with Gasteiger partial charge in [0, 0.05) is 23.1 Å². The highest BCUT2D eigenvalue weighted by Gasteiger charge is 2.26. The van der Waals surface area contributed by atoms with E-state index in [4.69, 9.17) is 16.3 Å². The number of Topliss-reactive ketones (excluding diaryl/α,β-unsaturated/α-hetero) is 1. The van der Waals surface area contributed by atoms with Crippen molar-refractivity contribution in [1.82, 2.24) is 15.0 Å². The summed E-state index contributed by atoms with van der Waals surface area (Å²) in [7, 11) is 0. The molecular weight excluding hydrogens is 316 g/mol. The lowest BCUT2D eigenvalue weighted by molar-refractivity contribution is 0.0975. The fraction of sp³-hybridized carbons (Fsp3) is 0.312. The van der Waals surface area contributed by atoms with Gasteiger partial charge < -0.3 is 4.74 Å². The normalized spacial score (nSPS) is 11.6. The summed E-state index contributed by atoms with van der Waals surface area (Å²) in [5, 5.41) is 9.59. The van der Waals surface area contributed by atoms with E-state index in [2.05, 4.69) is 15.0 Å². The molecule has 23 heavy (non-hydrogen) atoms. The maximum absolute atomic E-state index is 12.6. The number of ether oxygens (including phenoxy) is 1.